The summed E-state index contributed by atoms with van der Waals surface area (Å²) in [7, 11) is 1.97. The number of thiazole rings is 1. The van der Waals surface area contributed by atoms with Crippen LogP contribution in [0.1, 0.15) is 23.2 Å². The van der Waals surface area contributed by atoms with E-state index in [0.29, 0.717) is 0 Å². The van der Waals surface area contributed by atoms with Crippen molar-refractivity contribution in [1.29, 1.82) is 0 Å². The van der Waals surface area contributed by atoms with E-state index in [1.807, 2.05) is 19.2 Å². The van der Waals surface area contributed by atoms with Crippen LogP contribution in [0.5, 0.6) is 5.75 Å². The molecule has 0 saturated heterocycles. The summed E-state index contributed by atoms with van der Waals surface area (Å²) in [6.07, 6.45) is 2.02. The van der Waals surface area contributed by atoms with Crippen LogP contribution in [0.4, 0.5) is 0 Å². The first-order valence-electron chi connectivity index (χ1n) is 7.08. The van der Waals surface area contributed by atoms with Gasteiger partial charge in [0.05, 0.1) is 17.3 Å². The first kappa shape index (κ1) is 15.0. The molecule has 0 fully saturated rings. The first-order valence-corrected chi connectivity index (χ1v) is 7.90. The van der Waals surface area contributed by atoms with Gasteiger partial charge in [-0.05, 0) is 44.7 Å². The van der Waals surface area contributed by atoms with Gasteiger partial charge in [0.25, 0.3) is 0 Å². The second-order valence-electron chi connectivity index (χ2n) is 4.74. The maximum absolute atomic E-state index is 5.61. The fourth-order valence-corrected chi connectivity index (χ4v) is 2.94. The molecule has 0 aliphatic carbocycles. The van der Waals surface area contributed by atoms with Gasteiger partial charge in [-0.25, -0.2) is 4.98 Å². The lowest BCUT2D eigenvalue weighted by Gasteiger charge is -2.05. The van der Waals surface area contributed by atoms with Crippen molar-refractivity contribution in [3.05, 3.63) is 34.2 Å². The van der Waals surface area contributed by atoms with Gasteiger partial charge >= 0.3 is 0 Å². The van der Waals surface area contributed by atoms with Gasteiger partial charge in [-0.1, -0.05) is 6.92 Å². The van der Waals surface area contributed by atoms with Gasteiger partial charge in [-0.2, -0.15) is 0 Å². The number of benzene rings is 1. The van der Waals surface area contributed by atoms with Crippen molar-refractivity contribution >= 4 is 11.3 Å². The molecule has 108 valence electrons. The van der Waals surface area contributed by atoms with Crippen molar-refractivity contribution in [3.63, 3.8) is 0 Å². The molecule has 0 aliphatic rings. The smallest absolute Gasteiger partial charge is 0.119 e. The molecule has 2 rings (SSSR count). The Morgan fingerprint density at radius 3 is 2.65 bits per heavy atom. The quantitative estimate of drug-likeness (QED) is 0.845. The number of hydrogen-bond acceptors (Lipinski definition) is 4. The molecule has 0 unspecified atom stereocenters. The Morgan fingerprint density at radius 1 is 1.25 bits per heavy atom. The topological polar surface area (TPSA) is 34.1 Å². The maximum Gasteiger partial charge on any atom is 0.119 e. The highest BCUT2D eigenvalue weighted by molar-refractivity contribution is 7.12. The number of hydrogen-bond donors (Lipinski definition) is 1. The largest absolute Gasteiger partial charge is 0.494 e. The summed E-state index contributed by atoms with van der Waals surface area (Å²) in [5.41, 5.74) is 2.27. The summed E-state index contributed by atoms with van der Waals surface area (Å²) in [6, 6.07) is 8.23. The van der Waals surface area contributed by atoms with E-state index < -0.39 is 0 Å². The van der Waals surface area contributed by atoms with Crippen molar-refractivity contribution in [1.82, 2.24) is 10.3 Å². The maximum atomic E-state index is 5.61. The van der Waals surface area contributed by atoms with E-state index in [0.717, 1.165) is 37.4 Å². The predicted molar refractivity (Wildman–Crippen MR) is 85.7 cm³/mol. The average Bonchev–Trinajstić information content (AvgIpc) is 2.84. The number of likely N-dealkylation sites (N-methyl/N-ethyl adjacent to an activating group) is 1. The van der Waals surface area contributed by atoms with Crippen molar-refractivity contribution < 1.29 is 4.74 Å². The lowest BCUT2D eigenvalue weighted by Crippen LogP contribution is -2.09. The van der Waals surface area contributed by atoms with Crippen LogP contribution in [-0.4, -0.2) is 25.2 Å². The molecule has 0 saturated carbocycles. The van der Waals surface area contributed by atoms with Crippen LogP contribution in [0.25, 0.3) is 11.3 Å². The summed E-state index contributed by atoms with van der Waals surface area (Å²) in [6.45, 7) is 5.98. The molecular weight excluding hydrogens is 268 g/mol. The molecular formula is C16H22N2OS. The summed E-state index contributed by atoms with van der Waals surface area (Å²) in [5.74, 6) is 0.930. The number of aryl methyl sites for hydroxylation is 1. The van der Waals surface area contributed by atoms with Crippen LogP contribution in [0.15, 0.2) is 24.3 Å². The van der Waals surface area contributed by atoms with Gasteiger partial charge in [0.15, 0.2) is 0 Å². The number of nitrogens with zero attached hydrogens (tertiary/aromatic N) is 1. The summed E-state index contributed by atoms with van der Waals surface area (Å²) in [4.78, 5) is 6.02. The van der Waals surface area contributed by atoms with Gasteiger partial charge in [-0.3, -0.25) is 0 Å². The van der Waals surface area contributed by atoms with Gasteiger partial charge in [0.1, 0.15) is 5.75 Å². The lowest BCUT2D eigenvalue weighted by molar-refractivity contribution is 0.317. The lowest BCUT2D eigenvalue weighted by atomic mass is 10.1. The van der Waals surface area contributed by atoms with Crippen molar-refractivity contribution in [2.45, 2.75) is 26.7 Å². The summed E-state index contributed by atoms with van der Waals surface area (Å²) < 4.78 is 5.61. The predicted octanol–water partition coefficient (Wildman–Crippen LogP) is 3.67. The Labute approximate surface area is 125 Å². The van der Waals surface area contributed by atoms with Crippen LogP contribution in [0, 0.1) is 6.92 Å². The number of aromatic nitrogens is 1. The van der Waals surface area contributed by atoms with Crippen LogP contribution < -0.4 is 10.1 Å². The van der Waals surface area contributed by atoms with E-state index in [1.54, 1.807) is 11.3 Å². The normalized spacial score (nSPS) is 10.8. The second-order valence-corrected chi connectivity index (χ2v) is 6.03. The highest BCUT2D eigenvalue weighted by Crippen LogP contribution is 2.29. The van der Waals surface area contributed by atoms with E-state index >= 15 is 0 Å². The van der Waals surface area contributed by atoms with E-state index in [9.17, 15) is 0 Å². The fourth-order valence-electron chi connectivity index (χ4n) is 1.99. The zero-order chi connectivity index (χ0) is 14.4. The highest BCUT2D eigenvalue weighted by Gasteiger charge is 2.09. The van der Waals surface area contributed by atoms with Crippen molar-refractivity contribution in [2.24, 2.45) is 0 Å². The molecule has 0 amide bonds. The first-order chi connectivity index (χ1) is 9.74. The molecule has 0 bridgehead atoms. The third-order valence-corrected chi connectivity index (χ3v) is 4.06. The Bertz CT molecular complexity index is 534. The Kier molecular flexibility index (Phi) is 5.56. The molecule has 1 aromatic heterocycles. The third kappa shape index (κ3) is 3.81. The molecule has 2 aromatic rings. The van der Waals surface area contributed by atoms with Crippen molar-refractivity contribution in [2.75, 3.05) is 20.2 Å². The van der Waals surface area contributed by atoms with Gasteiger partial charge in [0, 0.05) is 23.4 Å². The third-order valence-electron chi connectivity index (χ3n) is 3.03. The number of nitrogens with one attached hydrogen (secondary N) is 1. The summed E-state index contributed by atoms with van der Waals surface area (Å²) >= 11 is 1.78. The molecule has 0 radical (unpaired) electrons. The van der Waals surface area contributed by atoms with E-state index in [1.165, 1.54) is 15.4 Å². The van der Waals surface area contributed by atoms with Crippen LogP contribution in [-0.2, 0) is 6.42 Å². The second kappa shape index (κ2) is 7.41. The molecule has 20 heavy (non-hydrogen) atoms. The molecule has 3 nitrogen and oxygen atoms in total. The van der Waals surface area contributed by atoms with Crippen LogP contribution in [0.3, 0.4) is 0 Å². The monoisotopic (exact) mass is 290 g/mol. The minimum atomic E-state index is 0.767. The summed E-state index contributed by atoms with van der Waals surface area (Å²) in [5, 5.41) is 4.35. The van der Waals surface area contributed by atoms with E-state index in [-0.39, 0.29) is 0 Å². The Balaban J connectivity index is 2.12. The molecule has 1 aromatic carbocycles. The molecule has 4 heteroatoms. The minimum absolute atomic E-state index is 0.767. The van der Waals surface area contributed by atoms with Crippen LogP contribution in [0.2, 0.25) is 0 Å². The molecule has 0 spiro atoms. The van der Waals surface area contributed by atoms with Gasteiger partial charge in [-0.15, -0.1) is 11.3 Å². The SMILES string of the molecule is CCCOc1ccc(-c2nc(CCNC)sc2C)cc1. The standard InChI is InChI=1S/C16H22N2OS/c1-4-11-19-14-7-5-13(6-8-14)16-12(2)20-15(18-16)9-10-17-3/h5-8,17H,4,9-11H2,1-3H3. The number of ether oxygens (including phenoxy) is 1. The van der Waals surface area contributed by atoms with Gasteiger partial charge in [0.2, 0.25) is 0 Å². The highest BCUT2D eigenvalue weighted by atomic mass is 32.1. The van der Waals surface area contributed by atoms with E-state index in [4.69, 9.17) is 9.72 Å². The Hall–Kier alpha value is -1.39. The van der Waals surface area contributed by atoms with Crippen molar-refractivity contribution in [3.8, 4) is 17.0 Å². The average molecular weight is 290 g/mol. The number of rotatable bonds is 7. The molecule has 0 aliphatic heterocycles. The molecule has 0 atom stereocenters. The van der Waals surface area contributed by atoms with Gasteiger partial charge < -0.3 is 10.1 Å². The Morgan fingerprint density at radius 2 is 2.00 bits per heavy atom. The fraction of sp³-hybridized carbons (Fsp3) is 0.438. The zero-order valence-corrected chi connectivity index (χ0v) is 13.2. The molecule has 1 N–H and O–H groups in total. The zero-order valence-electron chi connectivity index (χ0n) is 12.4. The van der Waals surface area contributed by atoms with E-state index in [2.05, 4.69) is 31.3 Å². The molecule has 1 heterocycles. The minimum Gasteiger partial charge on any atom is -0.494 e. The van der Waals surface area contributed by atoms with Crippen LogP contribution >= 0.6 is 11.3 Å².